The van der Waals surface area contributed by atoms with Crippen LogP contribution in [0.4, 0.5) is 5.82 Å². The molecule has 2 amide bonds. The first kappa shape index (κ1) is 22.6. The summed E-state index contributed by atoms with van der Waals surface area (Å²) in [6.45, 7) is 5.57. The van der Waals surface area contributed by atoms with E-state index in [2.05, 4.69) is 15.2 Å². The van der Waals surface area contributed by atoms with Gasteiger partial charge in [-0.25, -0.2) is 4.98 Å². The molecule has 1 aromatic carbocycles. The molecule has 4 rings (SSSR count). The van der Waals surface area contributed by atoms with Crippen molar-refractivity contribution < 1.29 is 19.1 Å². The van der Waals surface area contributed by atoms with E-state index in [9.17, 15) is 14.4 Å². The number of aryl methyl sites for hydroxylation is 1. The lowest BCUT2D eigenvalue weighted by Crippen LogP contribution is -2.37. The quantitative estimate of drug-likeness (QED) is 0.570. The summed E-state index contributed by atoms with van der Waals surface area (Å²) in [5.74, 6) is -0.583. The second-order valence-corrected chi connectivity index (χ2v) is 8.06. The van der Waals surface area contributed by atoms with Gasteiger partial charge in [0.1, 0.15) is 5.82 Å². The van der Waals surface area contributed by atoms with Crippen molar-refractivity contribution in [2.75, 3.05) is 38.2 Å². The summed E-state index contributed by atoms with van der Waals surface area (Å²) in [6, 6.07) is 8.46. The molecule has 3 heterocycles. The molecule has 2 aromatic heterocycles. The molecular weight excluding hydrogens is 422 g/mol. The summed E-state index contributed by atoms with van der Waals surface area (Å²) in [5.41, 5.74) is 7.87. The van der Waals surface area contributed by atoms with E-state index >= 15 is 0 Å². The predicted octanol–water partition coefficient (Wildman–Crippen LogP) is 2.05. The van der Waals surface area contributed by atoms with Crippen LogP contribution in [0.2, 0.25) is 0 Å². The summed E-state index contributed by atoms with van der Waals surface area (Å²) in [7, 11) is 0. The molecule has 0 saturated carbocycles. The Hall–Kier alpha value is -3.56. The Bertz CT molecular complexity index is 1200. The molecule has 1 saturated heterocycles. The predicted molar refractivity (Wildman–Crippen MR) is 124 cm³/mol. The van der Waals surface area contributed by atoms with Crippen molar-refractivity contribution in [3.8, 4) is 0 Å². The van der Waals surface area contributed by atoms with Crippen molar-refractivity contribution in [3.63, 3.8) is 0 Å². The fraction of sp³-hybridized carbons (Fsp3) is 0.333. The number of benzene rings is 1. The van der Waals surface area contributed by atoms with E-state index in [1.807, 2.05) is 0 Å². The lowest BCUT2D eigenvalue weighted by molar-refractivity contribution is -0.114. The summed E-state index contributed by atoms with van der Waals surface area (Å²) in [6.07, 6.45) is 4.68. The molecule has 33 heavy (non-hydrogen) atoms. The Morgan fingerprint density at radius 3 is 2.67 bits per heavy atom. The van der Waals surface area contributed by atoms with E-state index in [0.29, 0.717) is 34.3 Å². The normalized spacial score (nSPS) is 14.3. The van der Waals surface area contributed by atoms with Crippen LogP contribution in [0.15, 0.2) is 42.7 Å². The number of morpholine rings is 1. The van der Waals surface area contributed by atoms with Crippen molar-refractivity contribution in [2.45, 2.75) is 19.8 Å². The fourth-order valence-electron chi connectivity index (χ4n) is 4.14. The topological polar surface area (TPSA) is 120 Å². The van der Waals surface area contributed by atoms with Crippen LogP contribution < -0.4 is 11.1 Å². The van der Waals surface area contributed by atoms with Gasteiger partial charge in [0.05, 0.1) is 18.7 Å². The Kier molecular flexibility index (Phi) is 6.81. The highest BCUT2D eigenvalue weighted by Gasteiger charge is 2.18. The first-order valence-electron chi connectivity index (χ1n) is 10.9. The highest BCUT2D eigenvalue weighted by molar-refractivity contribution is 6.06. The third kappa shape index (κ3) is 5.10. The molecule has 0 aliphatic carbocycles. The summed E-state index contributed by atoms with van der Waals surface area (Å²) < 4.78 is 6.89. The van der Waals surface area contributed by atoms with E-state index in [1.54, 1.807) is 42.7 Å². The number of amides is 2. The third-order valence-corrected chi connectivity index (χ3v) is 5.77. The number of fused-ring (bicyclic) bond motifs is 1. The lowest BCUT2D eigenvalue weighted by atomic mass is 9.98. The summed E-state index contributed by atoms with van der Waals surface area (Å²) in [5, 5.41) is 3.35. The second-order valence-electron chi connectivity index (χ2n) is 8.06. The van der Waals surface area contributed by atoms with Crippen molar-refractivity contribution in [3.05, 3.63) is 59.4 Å². The van der Waals surface area contributed by atoms with Gasteiger partial charge in [0.25, 0.3) is 5.91 Å². The summed E-state index contributed by atoms with van der Waals surface area (Å²) in [4.78, 5) is 43.3. The third-order valence-electron chi connectivity index (χ3n) is 5.77. The molecule has 0 bridgehead atoms. The van der Waals surface area contributed by atoms with Gasteiger partial charge in [-0.3, -0.25) is 23.9 Å². The van der Waals surface area contributed by atoms with Gasteiger partial charge in [0.15, 0.2) is 0 Å². The van der Waals surface area contributed by atoms with Crippen LogP contribution in [0, 0.1) is 0 Å². The number of rotatable bonds is 7. The zero-order chi connectivity index (χ0) is 23.4. The molecule has 3 aromatic rings. The Balaban J connectivity index is 1.58. The molecule has 1 aliphatic heterocycles. The Morgan fingerprint density at radius 1 is 1.15 bits per heavy atom. The van der Waals surface area contributed by atoms with Gasteiger partial charge in [-0.15, -0.1) is 0 Å². The number of anilines is 1. The monoisotopic (exact) mass is 449 g/mol. The zero-order valence-corrected chi connectivity index (χ0v) is 18.5. The maximum absolute atomic E-state index is 13.3. The minimum absolute atomic E-state index is 0.238. The van der Waals surface area contributed by atoms with Crippen molar-refractivity contribution >= 4 is 34.4 Å². The van der Waals surface area contributed by atoms with Crippen LogP contribution in [0.3, 0.4) is 0 Å². The molecule has 0 spiro atoms. The summed E-state index contributed by atoms with van der Waals surface area (Å²) >= 11 is 0. The molecule has 9 heteroatoms. The number of carbonyl (C=O) groups excluding carboxylic acids is 3. The Labute approximate surface area is 191 Å². The van der Waals surface area contributed by atoms with E-state index in [-0.39, 0.29) is 11.8 Å². The maximum atomic E-state index is 13.3. The molecule has 1 fully saturated rings. The van der Waals surface area contributed by atoms with Gasteiger partial charge in [0.2, 0.25) is 11.8 Å². The minimum Gasteiger partial charge on any atom is -0.379 e. The maximum Gasteiger partial charge on any atom is 0.262 e. The van der Waals surface area contributed by atoms with Crippen molar-refractivity contribution in [2.24, 2.45) is 5.73 Å². The van der Waals surface area contributed by atoms with Gasteiger partial charge < -0.3 is 15.8 Å². The van der Waals surface area contributed by atoms with Crippen molar-refractivity contribution in [1.82, 2.24) is 14.5 Å². The SMILES string of the molecule is CC(=O)Nc1nccc2c1ccn2C(=O)c1ccc(C(N)=O)c(CCCN2CCOCC2)c1. The molecule has 172 valence electrons. The van der Waals surface area contributed by atoms with Crippen LogP contribution in [-0.2, 0) is 16.0 Å². The number of aromatic nitrogens is 2. The van der Waals surface area contributed by atoms with Gasteiger partial charge >= 0.3 is 0 Å². The standard InChI is InChI=1S/C24H27N5O4/c1-16(30)27-23-20-7-10-29(21(20)6-8-26-23)24(32)18-4-5-19(22(25)31)17(15-18)3-2-9-28-11-13-33-14-12-28/h4-8,10,15H,2-3,9,11-14H2,1H3,(H2,25,31)(H,26,27,30). The second kappa shape index (κ2) is 9.93. The molecule has 0 atom stereocenters. The number of ether oxygens (including phenoxy) is 1. The number of carbonyl (C=O) groups is 3. The van der Waals surface area contributed by atoms with Crippen LogP contribution >= 0.6 is 0 Å². The zero-order valence-electron chi connectivity index (χ0n) is 18.5. The highest BCUT2D eigenvalue weighted by atomic mass is 16.5. The number of hydrogen-bond acceptors (Lipinski definition) is 6. The van der Waals surface area contributed by atoms with Gasteiger partial charge in [-0.1, -0.05) is 0 Å². The number of hydrogen-bond donors (Lipinski definition) is 2. The average Bonchev–Trinajstić information content (AvgIpc) is 3.24. The average molecular weight is 450 g/mol. The lowest BCUT2D eigenvalue weighted by Gasteiger charge is -2.26. The minimum atomic E-state index is -0.507. The van der Waals surface area contributed by atoms with E-state index in [1.165, 1.54) is 11.5 Å². The van der Waals surface area contributed by atoms with E-state index < -0.39 is 5.91 Å². The number of nitrogens with two attached hydrogens (primary N) is 1. The number of pyridine rings is 1. The largest absolute Gasteiger partial charge is 0.379 e. The molecule has 9 nitrogen and oxygen atoms in total. The van der Waals surface area contributed by atoms with Crippen LogP contribution in [-0.4, -0.2) is 65.0 Å². The van der Waals surface area contributed by atoms with Crippen LogP contribution in [0.1, 0.15) is 39.6 Å². The van der Waals surface area contributed by atoms with E-state index in [4.69, 9.17) is 10.5 Å². The Morgan fingerprint density at radius 2 is 1.94 bits per heavy atom. The smallest absolute Gasteiger partial charge is 0.262 e. The molecular formula is C24H27N5O4. The van der Waals surface area contributed by atoms with Gasteiger partial charge in [-0.2, -0.15) is 0 Å². The molecule has 0 radical (unpaired) electrons. The number of primary amides is 1. The molecule has 0 unspecified atom stereocenters. The molecule has 1 aliphatic rings. The van der Waals surface area contributed by atoms with Crippen molar-refractivity contribution in [1.29, 1.82) is 0 Å². The van der Waals surface area contributed by atoms with E-state index in [0.717, 1.165) is 44.8 Å². The first-order valence-corrected chi connectivity index (χ1v) is 10.9. The van der Waals surface area contributed by atoms with Crippen LogP contribution in [0.5, 0.6) is 0 Å². The number of nitrogens with zero attached hydrogens (tertiary/aromatic N) is 3. The van der Waals surface area contributed by atoms with Gasteiger partial charge in [0, 0.05) is 48.9 Å². The fourth-order valence-corrected chi connectivity index (χ4v) is 4.14. The highest BCUT2D eigenvalue weighted by Crippen LogP contribution is 2.24. The van der Waals surface area contributed by atoms with Crippen LogP contribution in [0.25, 0.3) is 10.9 Å². The molecule has 3 N–H and O–H groups in total. The number of nitrogens with one attached hydrogen (secondary N) is 1. The van der Waals surface area contributed by atoms with Gasteiger partial charge in [-0.05, 0) is 55.3 Å². The first-order chi connectivity index (χ1) is 15.9.